The number of oxazole rings is 1. The average Bonchev–Trinajstić information content (AvgIpc) is 2.42. The molecule has 0 aliphatic heterocycles. The lowest BCUT2D eigenvalue weighted by molar-refractivity contribution is 0.151. The standard InChI is InChI=1S/C9H14N2O3/c1-4-13-9(12)10-5-8-6(2)11-7(3)14-8/h4-5H2,1-3H3,(H,10,12). The number of alkyl carbamates (subject to hydrolysis) is 1. The molecule has 0 saturated heterocycles. The van der Waals surface area contributed by atoms with Crippen molar-refractivity contribution in [3.63, 3.8) is 0 Å². The van der Waals surface area contributed by atoms with E-state index in [1.165, 1.54) is 0 Å². The molecule has 1 rings (SSSR count). The summed E-state index contributed by atoms with van der Waals surface area (Å²) in [6, 6.07) is 0. The molecule has 14 heavy (non-hydrogen) atoms. The fraction of sp³-hybridized carbons (Fsp3) is 0.556. The Bertz CT molecular complexity index is 320. The zero-order valence-corrected chi connectivity index (χ0v) is 8.59. The van der Waals surface area contributed by atoms with Crippen molar-refractivity contribution in [2.24, 2.45) is 0 Å². The molecule has 1 heterocycles. The summed E-state index contributed by atoms with van der Waals surface area (Å²) in [5, 5.41) is 2.56. The molecule has 5 heteroatoms. The predicted molar refractivity (Wildman–Crippen MR) is 49.8 cm³/mol. The third kappa shape index (κ3) is 2.76. The van der Waals surface area contributed by atoms with Crippen LogP contribution in [0.25, 0.3) is 0 Å². The summed E-state index contributed by atoms with van der Waals surface area (Å²) < 4.78 is 9.96. The molecule has 0 saturated carbocycles. The molecule has 0 bridgehead atoms. The summed E-state index contributed by atoms with van der Waals surface area (Å²) in [6.45, 7) is 6.02. The van der Waals surface area contributed by atoms with Crippen LogP contribution in [0.4, 0.5) is 4.79 Å². The summed E-state index contributed by atoms with van der Waals surface area (Å²) in [6.07, 6.45) is -0.444. The topological polar surface area (TPSA) is 64.4 Å². The van der Waals surface area contributed by atoms with Gasteiger partial charge in [-0.05, 0) is 13.8 Å². The SMILES string of the molecule is CCOC(=O)NCc1oc(C)nc1C. The summed E-state index contributed by atoms with van der Waals surface area (Å²) in [4.78, 5) is 15.0. The van der Waals surface area contributed by atoms with Gasteiger partial charge in [0.2, 0.25) is 0 Å². The van der Waals surface area contributed by atoms with Crippen LogP contribution < -0.4 is 5.32 Å². The summed E-state index contributed by atoms with van der Waals surface area (Å²) >= 11 is 0. The highest BCUT2D eigenvalue weighted by molar-refractivity contribution is 5.66. The van der Waals surface area contributed by atoms with Gasteiger partial charge in [0.05, 0.1) is 18.8 Å². The molecule has 0 unspecified atom stereocenters. The zero-order chi connectivity index (χ0) is 10.6. The Labute approximate surface area is 82.5 Å². The number of carbonyl (C=O) groups excluding carboxylic acids is 1. The third-order valence-corrected chi connectivity index (χ3v) is 1.67. The monoisotopic (exact) mass is 198 g/mol. The molecule has 0 atom stereocenters. The molecular formula is C9H14N2O3. The molecule has 0 aliphatic rings. The Hall–Kier alpha value is -1.52. The number of hydrogen-bond donors (Lipinski definition) is 1. The highest BCUT2D eigenvalue weighted by Crippen LogP contribution is 2.08. The fourth-order valence-corrected chi connectivity index (χ4v) is 1.07. The lowest BCUT2D eigenvalue weighted by Crippen LogP contribution is -2.23. The molecule has 0 aliphatic carbocycles. The van der Waals surface area contributed by atoms with Crippen molar-refractivity contribution in [1.82, 2.24) is 10.3 Å². The lowest BCUT2D eigenvalue weighted by atomic mass is 10.4. The van der Waals surface area contributed by atoms with E-state index in [0.29, 0.717) is 24.8 Å². The zero-order valence-electron chi connectivity index (χ0n) is 8.59. The third-order valence-electron chi connectivity index (χ3n) is 1.67. The minimum atomic E-state index is -0.444. The largest absolute Gasteiger partial charge is 0.450 e. The van der Waals surface area contributed by atoms with Gasteiger partial charge in [0, 0.05) is 6.92 Å². The van der Waals surface area contributed by atoms with E-state index in [-0.39, 0.29) is 0 Å². The Balaban J connectivity index is 2.45. The lowest BCUT2D eigenvalue weighted by Gasteiger charge is -2.02. The van der Waals surface area contributed by atoms with Gasteiger partial charge in [-0.3, -0.25) is 0 Å². The van der Waals surface area contributed by atoms with Crippen LogP contribution >= 0.6 is 0 Å². The van der Waals surface area contributed by atoms with E-state index in [9.17, 15) is 4.79 Å². The molecule has 0 spiro atoms. The van der Waals surface area contributed by atoms with E-state index in [4.69, 9.17) is 9.15 Å². The van der Waals surface area contributed by atoms with Crippen LogP contribution in [0.1, 0.15) is 24.3 Å². The second-order valence-electron chi connectivity index (χ2n) is 2.82. The van der Waals surface area contributed by atoms with E-state index in [0.717, 1.165) is 5.69 Å². The van der Waals surface area contributed by atoms with Crippen molar-refractivity contribution in [3.05, 3.63) is 17.3 Å². The maximum atomic E-state index is 10.9. The number of amides is 1. The summed E-state index contributed by atoms with van der Waals surface area (Å²) in [7, 11) is 0. The van der Waals surface area contributed by atoms with Crippen molar-refractivity contribution >= 4 is 6.09 Å². The molecular weight excluding hydrogens is 184 g/mol. The van der Waals surface area contributed by atoms with Crippen LogP contribution in [0.3, 0.4) is 0 Å². The van der Waals surface area contributed by atoms with E-state index < -0.39 is 6.09 Å². The predicted octanol–water partition coefficient (Wildman–Crippen LogP) is 1.54. The van der Waals surface area contributed by atoms with Gasteiger partial charge in [0.25, 0.3) is 0 Å². The normalized spacial score (nSPS) is 9.93. The maximum Gasteiger partial charge on any atom is 0.407 e. The van der Waals surface area contributed by atoms with Crippen molar-refractivity contribution in [2.75, 3.05) is 6.61 Å². The van der Waals surface area contributed by atoms with E-state index >= 15 is 0 Å². The first kappa shape index (κ1) is 10.6. The first-order chi connectivity index (χ1) is 6.63. The minimum absolute atomic E-state index is 0.311. The van der Waals surface area contributed by atoms with Crippen molar-refractivity contribution in [3.8, 4) is 0 Å². The molecule has 1 amide bonds. The number of aromatic nitrogens is 1. The number of nitrogens with one attached hydrogen (secondary N) is 1. The summed E-state index contributed by atoms with van der Waals surface area (Å²) in [5.74, 6) is 1.26. The Morgan fingerprint density at radius 3 is 2.79 bits per heavy atom. The smallest absolute Gasteiger partial charge is 0.407 e. The first-order valence-electron chi connectivity index (χ1n) is 4.47. The van der Waals surface area contributed by atoms with E-state index in [2.05, 4.69) is 10.3 Å². The molecule has 1 aromatic heterocycles. The highest BCUT2D eigenvalue weighted by Gasteiger charge is 2.08. The van der Waals surface area contributed by atoms with Crippen LogP contribution in [-0.2, 0) is 11.3 Å². The Morgan fingerprint density at radius 2 is 2.29 bits per heavy atom. The van der Waals surface area contributed by atoms with Gasteiger partial charge >= 0.3 is 6.09 Å². The average molecular weight is 198 g/mol. The molecule has 0 aromatic carbocycles. The van der Waals surface area contributed by atoms with Crippen LogP contribution in [-0.4, -0.2) is 17.7 Å². The van der Waals surface area contributed by atoms with Gasteiger partial charge in [-0.25, -0.2) is 9.78 Å². The second kappa shape index (κ2) is 4.64. The van der Waals surface area contributed by atoms with Crippen molar-refractivity contribution in [2.45, 2.75) is 27.3 Å². The second-order valence-corrected chi connectivity index (χ2v) is 2.82. The van der Waals surface area contributed by atoms with E-state index in [1.54, 1.807) is 13.8 Å². The number of nitrogens with zero attached hydrogens (tertiary/aromatic N) is 1. The molecule has 0 fully saturated rings. The van der Waals surface area contributed by atoms with Crippen molar-refractivity contribution < 1.29 is 13.9 Å². The van der Waals surface area contributed by atoms with E-state index in [1.807, 2.05) is 6.92 Å². The molecule has 5 nitrogen and oxygen atoms in total. The fourth-order valence-electron chi connectivity index (χ4n) is 1.07. The summed E-state index contributed by atoms with van der Waals surface area (Å²) in [5.41, 5.74) is 0.791. The Morgan fingerprint density at radius 1 is 1.57 bits per heavy atom. The number of aryl methyl sites for hydroxylation is 2. The molecule has 1 N–H and O–H groups in total. The number of ether oxygens (including phenoxy) is 1. The number of carbonyl (C=O) groups is 1. The Kier molecular flexibility index (Phi) is 3.50. The van der Waals surface area contributed by atoms with Crippen LogP contribution in [0, 0.1) is 13.8 Å². The van der Waals surface area contributed by atoms with Gasteiger partial charge in [-0.15, -0.1) is 0 Å². The van der Waals surface area contributed by atoms with Crippen LogP contribution in [0.15, 0.2) is 4.42 Å². The molecule has 78 valence electrons. The number of hydrogen-bond acceptors (Lipinski definition) is 4. The first-order valence-corrected chi connectivity index (χ1v) is 4.47. The van der Waals surface area contributed by atoms with Gasteiger partial charge in [-0.1, -0.05) is 0 Å². The van der Waals surface area contributed by atoms with Crippen molar-refractivity contribution in [1.29, 1.82) is 0 Å². The van der Waals surface area contributed by atoms with Crippen LogP contribution in [0.2, 0.25) is 0 Å². The highest BCUT2D eigenvalue weighted by atomic mass is 16.5. The quantitative estimate of drug-likeness (QED) is 0.800. The van der Waals surface area contributed by atoms with Gasteiger partial charge in [0.15, 0.2) is 5.89 Å². The van der Waals surface area contributed by atoms with Crippen LogP contribution in [0.5, 0.6) is 0 Å². The molecule has 1 aromatic rings. The maximum absolute atomic E-state index is 10.9. The number of rotatable bonds is 3. The van der Waals surface area contributed by atoms with Gasteiger partial charge in [-0.2, -0.15) is 0 Å². The van der Waals surface area contributed by atoms with Gasteiger partial charge < -0.3 is 14.5 Å². The van der Waals surface area contributed by atoms with Gasteiger partial charge in [0.1, 0.15) is 5.76 Å². The minimum Gasteiger partial charge on any atom is -0.450 e. The molecule has 0 radical (unpaired) electrons.